The zero-order valence-electron chi connectivity index (χ0n) is 26.1. The second-order valence-corrected chi connectivity index (χ2v) is 17.6. The summed E-state index contributed by atoms with van der Waals surface area (Å²) in [6.45, 7) is 17.4. The molecular formula is C32H48N2O6Si. The fourth-order valence-electron chi connectivity index (χ4n) is 4.65. The van der Waals surface area contributed by atoms with Gasteiger partial charge in [0.1, 0.15) is 11.2 Å². The lowest BCUT2D eigenvalue weighted by atomic mass is 10.1. The van der Waals surface area contributed by atoms with Crippen molar-refractivity contribution in [3.63, 3.8) is 0 Å². The van der Waals surface area contributed by atoms with E-state index in [0.717, 1.165) is 10.4 Å². The quantitative estimate of drug-likeness (QED) is 0.349. The minimum Gasteiger partial charge on any atom is -0.444 e. The summed E-state index contributed by atoms with van der Waals surface area (Å²) in [4.78, 5) is 37.2. The third-order valence-corrected chi connectivity index (χ3v) is 11.2. The van der Waals surface area contributed by atoms with Gasteiger partial charge in [-0.25, -0.2) is 9.59 Å². The number of benzene rings is 2. The van der Waals surface area contributed by atoms with Gasteiger partial charge in [0.2, 0.25) is 5.91 Å². The Morgan fingerprint density at radius 3 is 1.63 bits per heavy atom. The van der Waals surface area contributed by atoms with Crippen LogP contribution in [0.15, 0.2) is 60.7 Å². The predicted octanol–water partition coefficient (Wildman–Crippen LogP) is 5.68. The Balaban J connectivity index is 2.28. The van der Waals surface area contributed by atoms with Crippen LogP contribution in [0.1, 0.15) is 81.6 Å². The molecule has 2 aromatic rings. The van der Waals surface area contributed by atoms with E-state index in [-0.39, 0.29) is 18.1 Å². The molecule has 0 radical (unpaired) electrons. The maximum atomic E-state index is 12.8. The predicted molar refractivity (Wildman–Crippen MR) is 165 cm³/mol. The first-order valence-electron chi connectivity index (χ1n) is 14.2. The number of rotatable bonds is 10. The van der Waals surface area contributed by atoms with E-state index in [0.29, 0.717) is 12.8 Å². The molecule has 9 heteroatoms. The van der Waals surface area contributed by atoms with Crippen LogP contribution in [0.5, 0.6) is 0 Å². The summed E-state index contributed by atoms with van der Waals surface area (Å²) in [6.07, 6.45) is -0.378. The van der Waals surface area contributed by atoms with E-state index in [2.05, 4.69) is 55.7 Å². The molecule has 0 aliphatic carbocycles. The molecule has 226 valence electrons. The summed E-state index contributed by atoms with van der Waals surface area (Å²) in [5.74, 6) is -0.442. The second-order valence-electron chi connectivity index (χ2n) is 13.3. The monoisotopic (exact) mass is 584 g/mol. The largest absolute Gasteiger partial charge is 0.444 e. The molecule has 2 N–H and O–H groups in total. The van der Waals surface area contributed by atoms with Crippen molar-refractivity contribution in [2.45, 2.75) is 104 Å². The zero-order chi connectivity index (χ0) is 30.9. The summed E-state index contributed by atoms with van der Waals surface area (Å²) < 4.78 is 17.7. The molecule has 41 heavy (non-hydrogen) atoms. The first-order valence-corrected chi connectivity index (χ1v) is 16.1. The molecule has 0 spiro atoms. The summed E-state index contributed by atoms with van der Waals surface area (Å²) in [5.41, 5.74) is -1.37. The first-order chi connectivity index (χ1) is 18.9. The number of hydrogen-bond acceptors (Lipinski definition) is 6. The number of carbonyl (C=O) groups is 3. The fraction of sp³-hybridized carbons (Fsp3) is 0.531. The lowest BCUT2D eigenvalue weighted by Gasteiger charge is -2.43. The van der Waals surface area contributed by atoms with E-state index < -0.39 is 43.7 Å². The van der Waals surface area contributed by atoms with Gasteiger partial charge in [-0.2, -0.15) is 0 Å². The Kier molecular flexibility index (Phi) is 11.7. The smallest absolute Gasteiger partial charge is 0.414 e. The van der Waals surface area contributed by atoms with Gasteiger partial charge in [0.25, 0.3) is 8.32 Å². The SMILES string of the molecule is CC(C)(C)OC(=O)NC(=O)CCCC(CO[Si](c1ccccc1)(c1ccccc1)C(C)(C)C)NC(=O)OC(C)(C)C. The van der Waals surface area contributed by atoms with Crippen molar-refractivity contribution in [1.29, 1.82) is 0 Å². The van der Waals surface area contributed by atoms with Crippen LogP contribution in [0.3, 0.4) is 0 Å². The van der Waals surface area contributed by atoms with E-state index in [1.54, 1.807) is 41.5 Å². The highest BCUT2D eigenvalue weighted by Gasteiger charge is 2.50. The number of imide groups is 1. The standard InChI is InChI=1S/C32H48N2O6Si/c1-30(2,3)39-28(36)33-24(17-16-22-27(35)34-29(37)40-31(4,5)6)23-38-41(32(7,8)9,25-18-12-10-13-19-25)26-20-14-11-15-21-26/h10-15,18-21,24H,16-17,22-23H2,1-9H3,(H,33,36)(H,34,35,37). The topological polar surface area (TPSA) is 103 Å². The molecule has 1 unspecified atom stereocenters. The molecule has 1 atom stereocenters. The Bertz CT molecular complexity index is 1100. The summed E-state index contributed by atoms with van der Waals surface area (Å²) in [7, 11) is -2.85. The van der Waals surface area contributed by atoms with E-state index >= 15 is 0 Å². The Morgan fingerprint density at radius 2 is 1.20 bits per heavy atom. The lowest BCUT2D eigenvalue weighted by Crippen LogP contribution is -2.67. The number of nitrogens with one attached hydrogen (secondary N) is 2. The molecule has 8 nitrogen and oxygen atoms in total. The summed E-state index contributed by atoms with van der Waals surface area (Å²) in [5, 5.41) is 7.25. The van der Waals surface area contributed by atoms with Crippen LogP contribution in [-0.4, -0.2) is 50.3 Å². The third-order valence-electron chi connectivity index (χ3n) is 6.24. The van der Waals surface area contributed by atoms with Gasteiger partial charge in [-0.3, -0.25) is 10.1 Å². The number of amides is 3. The maximum absolute atomic E-state index is 12.8. The van der Waals surface area contributed by atoms with Crippen molar-refractivity contribution < 1.29 is 28.3 Å². The van der Waals surface area contributed by atoms with Gasteiger partial charge in [0.05, 0.1) is 12.6 Å². The van der Waals surface area contributed by atoms with Crippen LogP contribution in [0, 0.1) is 0 Å². The van der Waals surface area contributed by atoms with Gasteiger partial charge in [-0.1, -0.05) is 81.4 Å². The third kappa shape index (κ3) is 11.0. The molecule has 0 aliphatic rings. The molecular weight excluding hydrogens is 536 g/mol. The van der Waals surface area contributed by atoms with Crippen molar-refractivity contribution in [1.82, 2.24) is 10.6 Å². The molecule has 0 saturated heterocycles. The molecule has 2 rings (SSSR count). The summed E-state index contributed by atoms with van der Waals surface area (Å²) in [6, 6.07) is 20.1. The average molecular weight is 585 g/mol. The molecule has 0 aromatic heterocycles. The Morgan fingerprint density at radius 1 is 0.732 bits per heavy atom. The van der Waals surface area contributed by atoms with Crippen molar-refractivity contribution in [3.8, 4) is 0 Å². The van der Waals surface area contributed by atoms with Gasteiger partial charge in [0.15, 0.2) is 0 Å². The summed E-state index contributed by atoms with van der Waals surface area (Å²) >= 11 is 0. The molecule has 2 aromatic carbocycles. The van der Waals surface area contributed by atoms with Crippen molar-refractivity contribution >= 4 is 36.8 Å². The van der Waals surface area contributed by atoms with Gasteiger partial charge in [0, 0.05) is 6.42 Å². The van der Waals surface area contributed by atoms with Crippen LogP contribution in [0.2, 0.25) is 5.04 Å². The van der Waals surface area contributed by atoms with Crippen LogP contribution in [0.25, 0.3) is 0 Å². The van der Waals surface area contributed by atoms with E-state index in [4.69, 9.17) is 13.9 Å². The highest BCUT2D eigenvalue weighted by Crippen LogP contribution is 2.37. The van der Waals surface area contributed by atoms with Gasteiger partial charge >= 0.3 is 12.2 Å². The van der Waals surface area contributed by atoms with Crippen LogP contribution in [-0.2, 0) is 18.7 Å². The molecule has 0 saturated carbocycles. The van der Waals surface area contributed by atoms with Crippen molar-refractivity contribution in [3.05, 3.63) is 60.7 Å². The van der Waals surface area contributed by atoms with Crippen LogP contribution < -0.4 is 21.0 Å². The van der Waals surface area contributed by atoms with Crippen molar-refractivity contribution in [2.24, 2.45) is 0 Å². The van der Waals surface area contributed by atoms with E-state index in [9.17, 15) is 14.4 Å². The maximum Gasteiger partial charge on any atom is 0.414 e. The normalized spacial score (nSPS) is 13.2. The van der Waals surface area contributed by atoms with E-state index in [1.807, 2.05) is 36.4 Å². The molecule has 0 fully saturated rings. The molecule has 3 amide bonds. The van der Waals surface area contributed by atoms with Crippen LogP contribution in [0.4, 0.5) is 9.59 Å². The highest BCUT2D eigenvalue weighted by atomic mass is 28.4. The zero-order valence-corrected chi connectivity index (χ0v) is 27.1. The lowest BCUT2D eigenvalue weighted by molar-refractivity contribution is -0.120. The number of ether oxygens (including phenoxy) is 2. The average Bonchev–Trinajstić information content (AvgIpc) is 2.82. The second kappa shape index (κ2) is 14.1. The molecule has 0 heterocycles. The molecule has 0 aliphatic heterocycles. The minimum absolute atomic E-state index is 0.0882. The van der Waals surface area contributed by atoms with Crippen molar-refractivity contribution in [2.75, 3.05) is 6.61 Å². The van der Waals surface area contributed by atoms with Gasteiger partial charge in [-0.05, 0) is 69.8 Å². The Labute approximate surface area is 246 Å². The molecule has 0 bridgehead atoms. The van der Waals surface area contributed by atoms with Crippen LogP contribution >= 0.6 is 0 Å². The minimum atomic E-state index is -2.85. The number of hydrogen-bond donors (Lipinski definition) is 2. The fourth-order valence-corrected chi connectivity index (χ4v) is 9.25. The van der Waals surface area contributed by atoms with E-state index in [1.165, 1.54) is 0 Å². The Hall–Kier alpha value is -3.17. The number of alkyl carbamates (subject to hydrolysis) is 2. The number of carbonyl (C=O) groups excluding carboxylic acids is 3. The van der Waals surface area contributed by atoms with Gasteiger partial charge in [-0.15, -0.1) is 0 Å². The highest BCUT2D eigenvalue weighted by molar-refractivity contribution is 6.99. The first kappa shape index (κ1) is 34.0. The van der Waals surface area contributed by atoms with Gasteiger partial charge < -0.3 is 19.2 Å².